The summed E-state index contributed by atoms with van der Waals surface area (Å²) in [6, 6.07) is 5.46. The van der Waals surface area contributed by atoms with Gasteiger partial charge in [0, 0.05) is 49.7 Å². The molecule has 8 nitrogen and oxygen atoms in total. The van der Waals surface area contributed by atoms with Crippen LogP contribution in [0, 0.1) is 5.92 Å². The number of rotatable bonds is 10. The minimum atomic E-state index is -0.00277. The van der Waals surface area contributed by atoms with Gasteiger partial charge in [0.25, 0.3) is 5.91 Å². The average Bonchev–Trinajstić information content (AvgIpc) is 2.80. The van der Waals surface area contributed by atoms with E-state index < -0.39 is 0 Å². The van der Waals surface area contributed by atoms with Crippen molar-refractivity contribution in [3.8, 4) is 5.75 Å². The van der Waals surface area contributed by atoms with Gasteiger partial charge in [-0.3, -0.25) is 4.79 Å². The molecule has 0 bridgehead atoms. The first kappa shape index (κ1) is 23.2. The number of pyridine rings is 2. The van der Waals surface area contributed by atoms with Gasteiger partial charge in [0.2, 0.25) is 0 Å². The van der Waals surface area contributed by atoms with Crippen LogP contribution < -0.4 is 15.4 Å². The number of carbonyl (C=O) groups excluding carboxylic acids is 2. The van der Waals surface area contributed by atoms with Gasteiger partial charge in [0.15, 0.2) is 11.6 Å². The van der Waals surface area contributed by atoms with Crippen molar-refractivity contribution < 1.29 is 14.3 Å². The molecule has 0 radical (unpaired) electrons. The highest BCUT2D eigenvalue weighted by molar-refractivity contribution is 14.1. The maximum atomic E-state index is 12.8. The molecule has 2 aromatic rings. The SMILES string of the molecule is CC(C=O)CCNc1cc(Nc2ncc(C(=O)N3CCCCC3)cc2OCI)ccn1. The number of aromatic nitrogens is 2. The molecule has 0 spiro atoms. The molecular formula is C22H28IN5O3. The van der Waals surface area contributed by atoms with Crippen LogP contribution in [0.3, 0.4) is 0 Å². The zero-order chi connectivity index (χ0) is 22.1. The summed E-state index contributed by atoms with van der Waals surface area (Å²) in [7, 11) is 0. The zero-order valence-corrected chi connectivity index (χ0v) is 19.8. The van der Waals surface area contributed by atoms with Crippen LogP contribution in [-0.2, 0) is 4.79 Å². The summed E-state index contributed by atoms with van der Waals surface area (Å²) >= 11 is 2.12. The van der Waals surface area contributed by atoms with Gasteiger partial charge in [0.05, 0.1) is 5.56 Å². The van der Waals surface area contributed by atoms with Crippen LogP contribution in [0.4, 0.5) is 17.3 Å². The van der Waals surface area contributed by atoms with E-state index in [1.165, 1.54) is 6.42 Å². The van der Waals surface area contributed by atoms with E-state index in [0.29, 0.717) is 34.1 Å². The Balaban J connectivity index is 1.71. The molecule has 3 heterocycles. The number of likely N-dealkylation sites (tertiary alicyclic amines) is 1. The summed E-state index contributed by atoms with van der Waals surface area (Å²) in [5, 5.41) is 6.48. The van der Waals surface area contributed by atoms with Crippen LogP contribution in [0.15, 0.2) is 30.6 Å². The lowest BCUT2D eigenvalue weighted by Gasteiger charge is -2.26. The predicted octanol–water partition coefficient (Wildman–Crippen LogP) is 4.25. The fraction of sp³-hybridized carbons (Fsp3) is 0.455. The molecule has 1 aliphatic rings. The van der Waals surface area contributed by atoms with Gasteiger partial charge in [-0.15, -0.1) is 0 Å². The molecular weight excluding hydrogens is 509 g/mol. The first-order valence-electron chi connectivity index (χ1n) is 10.5. The smallest absolute Gasteiger partial charge is 0.255 e. The number of anilines is 3. The number of ether oxygens (including phenoxy) is 1. The van der Waals surface area contributed by atoms with Gasteiger partial charge >= 0.3 is 0 Å². The van der Waals surface area contributed by atoms with Crippen molar-refractivity contribution in [1.29, 1.82) is 0 Å². The molecule has 31 heavy (non-hydrogen) atoms. The molecule has 1 atom stereocenters. The third kappa shape index (κ3) is 6.78. The van der Waals surface area contributed by atoms with E-state index >= 15 is 0 Å². The summed E-state index contributed by atoms with van der Waals surface area (Å²) in [6.07, 6.45) is 8.25. The Labute approximate surface area is 196 Å². The molecule has 0 saturated carbocycles. The Kier molecular flexibility index (Phi) is 8.86. The van der Waals surface area contributed by atoms with Crippen molar-refractivity contribution >= 4 is 52.1 Å². The Hall–Kier alpha value is -2.43. The lowest BCUT2D eigenvalue weighted by Crippen LogP contribution is -2.35. The normalized spacial score (nSPS) is 14.6. The number of halogens is 1. The largest absolute Gasteiger partial charge is 0.479 e. The van der Waals surface area contributed by atoms with Crippen LogP contribution in [0.2, 0.25) is 0 Å². The number of piperidine rings is 1. The number of nitrogens with one attached hydrogen (secondary N) is 2. The van der Waals surface area contributed by atoms with Gasteiger partial charge in [-0.05, 0) is 60.4 Å². The number of carbonyl (C=O) groups is 2. The van der Waals surface area contributed by atoms with Crippen molar-refractivity contribution in [2.45, 2.75) is 32.6 Å². The lowest BCUT2D eigenvalue weighted by molar-refractivity contribution is -0.110. The molecule has 0 aromatic carbocycles. The highest BCUT2D eigenvalue weighted by Crippen LogP contribution is 2.28. The van der Waals surface area contributed by atoms with Gasteiger partial charge in [-0.2, -0.15) is 0 Å². The van der Waals surface area contributed by atoms with Crippen molar-refractivity contribution in [2.75, 3.05) is 34.9 Å². The summed E-state index contributed by atoms with van der Waals surface area (Å²) in [5.41, 5.74) is 1.33. The maximum Gasteiger partial charge on any atom is 0.255 e. The average molecular weight is 537 g/mol. The van der Waals surface area contributed by atoms with E-state index in [9.17, 15) is 9.59 Å². The second kappa shape index (κ2) is 11.8. The number of aldehydes is 1. The molecule has 166 valence electrons. The number of hydrogen-bond donors (Lipinski definition) is 2. The first-order chi connectivity index (χ1) is 15.1. The van der Waals surface area contributed by atoms with Gasteiger partial charge in [-0.1, -0.05) is 6.92 Å². The highest BCUT2D eigenvalue weighted by Gasteiger charge is 2.20. The second-order valence-electron chi connectivity index (χ2n) is 7.56. The second-order valence-corrected chi connectivity index (χ2v) is 8.18. The predicted molar refractivity (Wildman–Crippen MR) is 129 cm³/mol. The van der Waals surface area contributed by atoms with E-state index in [-0.39, 0.29) is 11.8 Å². The molecule has 1 unspecified atom stereocenters. The summed E-state index contributed by atoms with van der Waals surface area (Å²) < 4.78 is 6.19. The maximum absolute atomic E-state index is 12.8. The quantitative estimate of drug-likeness (QED) is 0.266. The van der Waals surface area contributed by atoms with Crippen molar-refractivity contribution in [1.82, 2.24) is 14.9 Å². The number of amides is 1. The van der Waals surface area contributed by atoms with E-state index in [1.54, 1.807) is 18.5 Å². The van der Waals surface area contributed by atoms with Crippen molar-refractivity contribution in [3.63, 3.8) is 0 Å². The van der Waals surface area contributed by atoms with E-state index in [1.807, 2.05) is 24.0 Å². The Morgan fingerprint density at radius 1 is 1.29 bits per heavy atom. The first-order valence-corrected chi connectivity index (χ1v) is 12.0. The topological polar surface area (TPSA) is 96.5 Å². The minimum absolute atomic E-state index is 0.00277. The monoisotopic (exact) mass is 537 g/mol. The molecule has 3 rings (SSSR count). The van der Waals surface area contributed by atoms with E-state index in [2.05, 4.69) is 43.2 Å². The van der Waals surface area contributed by atoms with Crippen molar-refractivity contribution in [2.24, 2.45) is 5.92 Å². The fourth-order valence-electron chi connectivity index (χ4n) is 3.34. The molecule has 1 fully saturated rings. The number of hydrogen-bond acceptors (Lipinski definition) is 7. The molecule has 2 N–H and O–H groups in total. The Morgan fingerprint density at radius 2 is 2.10 bits per heavy atom. The van der Waals surface area contributed by atoms with Gasteiger partial charge in [0.1, 0.15) is 16.7 Å². The van der Waals surface area contributed by atoms with Gasteiger partial charge < -0.3 is 25.1 Å². The fourth-order valence-corrected chi connectivity index (χ4v) is 3.68. The van der Waals surface area contributed by atoms with Crippen LogP contribution in [-0.4, -0.2) is 51.3 Å². The van der Waals surface area contributed by atoms with Crippen LogP contribution in [0.25, 0.3) is 0 Å². The molecule has 1 amide bonds. The highest BCUT2D eigenvalue weighted by atomic mass is 127. The molecule has 1 saturated heterocycles. The molecule has 0 aliphatic carbocycles. The van der Waals surface area contributed by atoms with Gasteiger partial charge in [-0.25, -0.2) is 9.97 Å². The molecule has 9 heteroatoms. The number of nitrogens with zero attached hydrogens (tertiary/aromatic N) is 3. The standard InChI is InChI=1S/C22H28IN5O3/c1-16(14-29)5-7-24-20-12-18(6-8-25-20)27-21-19(31-15-23)11-17(13-26-21)22(30)28-9-3-2-4-10-28/h6,8,11-14,16H,2-5,7,9-10,15H2,1H3,(H2,24,25,26,27). The van der Waals surface area contributed by atoms with Crippen molar-refractivity contribution in [3.05, 3.63) is 36.2 Å². The van der Waals surface area contributed by atoms with E-state index in [4.69, 9.17) is 4.74 Å². The van der Waals surface area contributed by atoms with E-state index in [0.717, 1.165) is 44.3 Å². The Bertz CT molecular complexity index is 889. The summed E-state index contributed by atoms with van der Waals surface area (Å²) in [4.78, 5) is 34.2. The Morgan fingerprint density at radius 3 is 2.84 bits per heavy atom. The zero-order valence-electron chi connectivity index (χ0n) is 17.6. The van der Waals surface area contributed by atoms with Crippen LogP contribution >= 0.6 is 22.6 Å². The minimum Gasteiger partial charge on any atom is -0.479 e. The third-order valence-corrected chi connectivity index (χ3v) is 5.43. The third-order valence-electron chi connectivity index (χ3n) is 5.11. The van der Waals surface area contributed by atoms with Crippen LogP contribution in [0.1, 0.15) is 43.0 Å². The lowest BCUT2D eigenvalue weighted by atomic mass is 10.1. The summed E-state index contributed by atoms with van der Waals surface area (Å²) in [5.74, 6) is 1.78. The number of alkyl halides is 1. The summed E-state index contributed by atoms with van der Waals surface area (Å²) in [6.45, 7) is 4.13. The van der Waals surface area contributed by atoms with Crippen LogP contribution in [0.5, 0.6) is 5.75 Å². The molecule has 1 aliphatic heterocycles. The molecule has 2 aromatic heterocycles.